The van der Waals surface area contributed by atoms with E-state index in [0.717, 1.165) is 22.5 Å². The van der Waals surface area contributed by atoms with Crippen LogP contribution in [0.1, 0.15) is 11.1 Å². The minimum absolute atomic E-state index is 0.356. The van der Waals surface area contributed by atoms with Gasteiger partial charge in [0, 0.05) is 23.8 Å². The van der Waals surface area contributed by atoms with Crippen LogP contribution in [0.2, 0.25) is 5.02 Å². The van der Waals surface area contributed by atoms with Crippen molar-refractivity contribution in [2.45, 2.75) is 19.1 Å². The molecule has 0 aliphatic carbocycles. The Morgan fingerprint density at radius 2 is 1.86 bits per heavy atom. The van der Waals surface area contributed by atoms with Gasteiger partial charge in [0.1, 0.15) is 0 Å². The quantitative estimate of drug-likeness (QED) is 0.830. The molecule has 0 spiro atoms. The summed E-state index contributed by atoms with van der Waals surface area (Å²) in [6.45, 7) is 2.00. The average Bonchev–Trinajstić information content (AvgIpc) is 3.25. The number of anilines is 1. The zero-order valence-corrected chi connectivity index (χ0v) is 16.6. The van der Waals surface area contributed by atoms with Crippen LogP contribution in [0.15, 0.2) is 59.7 Å². The Balaban J connectivity index is 1.68. The molecular formula is C21H18ClN5O2. The van der Waals surface area contributed by atoms with Crippen molar-refractivity contribution in [2.24, 2.45) is 4.99 Å². The molecule has 146 valence electrons. The maximum Gasteiger partial charge on any atom is 0.325 e. The third-order valence-corrected chi connectivity index (χ3v) is 5.70. The van der Waals surface area contributed by atoms with Gasteiger partial charge < -0.3 is 4.90 Å². The first kappa shape index (κ1) is 17.8. The molecule has 3 aliphatic rings. The first-order valence-corrected chi connectivity index (χ1v) is 9.61. The lowest BCUT2D eigenvalue weighted by Gasteiger charge is -2.34. The first-order valence-electron chi connectivity index (χ1n) is 9.23. The maximum absolute atomic E-state index is 12.6. The predicted octanol–water partition coefficient (Wildman–Crippen LogP) is 3.01. The lowest BCUT2D eigenvalue weighted by atomic mass is 10.1. The summed E-state index contributed by atoms with van der Waals surface area (Å²) in [5, 5.41) is 3.02. The van der Waals surface area contributed by atoms with Crippen molar-refractivity contribution in [1.29, 1.82) is 0 Å². The SMILES string of the molecule is Cc1ccc(Cl)cc1N1C(c2ccccc2)=CN2C1=NC1C2C(=O)NC(=O)N1C. The Morgan fingerprint density at radius 1 is 1.10 bits per heavy atom. The van der Waals surface area contributed by atoms with Crippen molar-refractivity contribution in [1.82, 2.24) is 15.1 Å². The zero-order valence-electron chi connectivity index (χ0n) is 15.8. The third kappa shape index (κ3) is 2.61. The molecule has 5 rings (SSSR count). The molecule has 3 aliphatic heterocycles. The molecule has 2 aromatic carbocycles. The van der Waals surface area contributed by atoms with Crippen molar-refractivity contribution in [3.8, 4) is 0 Å². The van der Waals surface area contributed by atoms with E-state index in [1.165, 1.54) is 4.90 Å². The summed E-state index contributed by atoms with van der Waals surface area (Å²) in [6.07, 6.45) is 1.34. The van der Waals surface area contributed by atoms with Gasteiger partial charge in [-0.3, -0.25) is 19.9 Å². The molecule has 1 saturated heterocycles. The fourth-order valence-electron chi connectivity index (χ4n) is 3.95. The predicted molar refractivity (Wildman–Crippen MR) is 111 cm³/mol. The summed E-state index contributed by atoms with van der Waals surface area (Å²) in [5.74, 6) is 0.242. The third-order valence-electron chi connectivity index (χ3n) is 5.46. The van der Waals surface area contributed by atoms with E-state index in [0.29, 0.717) is 11.0 Å². The van der Waals surface area contributed by atoms with Crippen LogP contribution in [0.5, 0.6) is 0 Å². The van der Waals surface area contributed by atoms with Crippen LogP contribution in [0.3, 0.4) is 0 Å². The van der Waals surface area contributed by atoms with E-state index in [4.69, 9.17) is 16.6 Å². The second-order valence-electron chi connectivity index (χ2n) is 7.25. The second-order valence-corrected chi connectivity index (χ2v) is 7.68. The number of hydrogen-bond donors (Lipinski definition) is 1. The Hall–Kier alpha value is -3.32. The van der Waals surface area contributed by atoms with Gasteiger partial charge in [0.05, 0.1) is 11.4 Å². The lowest BCUT2D eigenvalue weighted by Crippen LogP contribution is -2.62. The van der Waals surface area contributed by atoms with Crippen LogP contribution in [-0.2, 0) is 4.79 Å². The standard InChI is InChI=1S/C21H18ClN5O2/c1-12-8-9-14(22)10-15(12)27-16(13-6-4-3-5-7-13)11-26-17-18(23-20(26)27)25(2)21(29)24-19(17)28/h3-11,17-18H,1-2H3,(H,24,28,29). The Kier molecular flexibility index (Phi) is 3.89. The summed E-state index contributed by atoms with van der Waals surface area (Å²) >= 11 is 6.30. The number of halogens is 1. The largest absolute Gasteiger partial charge is 0.325 e. The number of nitrogens with one attached hydrogen (secondary N) is 1. The number of carbonyl (C=O) groups is 2. The van der Waals surface area contributed by atoms with E-state index >= 15 is 0 Å². The van der Waals surface area contributed by atoms with Crippen LogP contribution < -0.4 is 10.2 Å². The van der Waals surface area contributed by atoms with Gasteiger partial charge in [-0.25, -0.2) is 9.79 Å². The van der Waals surface area contributed by atoms with Crippen molar-refractivity contribution in [3.05, 3.63) is 70.9 Å². The van der Waals surface area contributed by atoms with Crippen LogP contribution in [0.4, 0.5) is 10.5 Å². The molecule has 3 heterocycles. The molecule has 0 saturated carbocycles. The smallest absolute Gasteiger partial charge is 0.303 e. The number of likely N-dealkylation sites (N-methyl/N-ethyl adjacent to an activating group) is 1. The lowest BCUT2D eigenvalue weighted by molar-refractivity contribution is -0.126. The molecule has 29 heavy (non-hydrogen) atoms. The molecule has 0 aromatic heterocycles. The highest BCUT2D eigenvalue weighted by Crippen LogP contribution is 2.40. The van der Waals surface area contributed by atoms with E-state index in [1.807, 2.05) is 71.5 Å². The van der Waals surface area contributed by atoms with Gasteiger partial charge in [-0.15, -0.1) is 0 Å². The summed E-state index contributed by atoms with van der Waals surface area (Å²) in [7, 11) is 1.64. The number of guanidine groups is 1. The minimum Gasteiger partial charge on any atom is -0.303 e. The minimum atomic E-state index is -0.615. The topological polar surface area (TPSA) is 68.2 Å². The van der Waals surface area contributed by atoms with Crippen molar-refractivity contribution in [2.75, 3.05) is 11.9 Å². The number of carbonyl (C=O) groups excluding carboxylic acids is 2. The monoisotopic (exact) mass is 407 g/mol. The Labute approximate surface area is 172 Å². The molecule has 3 amide bonds. The highest BCUT2D eigenvalue weighted by atomic mass is 35.5. The van der Waals surface area contributed by atoms with E-state index in [-0.39, 0.29) is 5.91 Å². The van der Waals surface area contributed by atoms with Gasteiger partial charge in [0.25, 0.3) is 5.91 Å². The number of benzene rings is 2. The fraction of sp³-hybridized carbons (Fsp3) is 0.190. The van der Waals surface area contributed by atoms with Gasteiger partial charge in [-0.1, -0.05) is 48.0 Å². The van der Waals surface area contributed by atoms with Crippen molar-refractivity contribution in [3.63, 3.8) is 0 Å². The van der Waals surface area contributed by atoms with Gasteiger partial charge in [0.15, 0.2) is 12.2 Å². The summed E-state index contributed by atoms with van der Waals surface area (Å²) in [5.41, 5.74) is 3.77. The first-order chi connectivity index (χ1) is 14.0. The van der Waals surface area contributed by atoms with Crippen LogP contribution >= 0.6 is 11.6 Å². The second kappa shape index (κ2) is 6.35. The van der Waals surface area contributed by atoms with Gasteiger partial charge in [-0.05, 0) is 24.6 Å². The molecule has 0 radical (unpaired) electrons. The van der Waals surface area contributed by atoms with Crippen LogP contribution in [0.25, 0.3) is 5.70 Å². The fourth-order valence-corrected chi connectivity index (χ4v) is 4.12. The van der Waals surface area contributed by atoms with Crippen molar-refractivity contribution >= 4 is 40.9 Å². The van der Waals surface area contributed by atoms with Gasteiger partial charge in [-0.2, -0.15) is 0 Å². The molecule has 2 aromatic rings. The normalized spacial score (nSPS) is 22.9. The molecule has 7 nitrogen and oxygen atoms in total. The Morgan fingerprint density at radius 3 is 2.62 bits per heavy atom. The maximum atomic E-state index is 12.6. The molecular weight excluding hydrogens is 390 g/mol. The zero-order chi connectivity index (χ0) is 20.3. The molecule has 1 fully saturated rings. The van der Waals surface area contributed by atoms with Crippen LogP contribution in [0, 0.1) is 6.92 Å². The number of hydrogen-bond acceptors (Lipinski definition) is 5. The summed E-state index contributed by atoms with van der Waals surface area (Å²) in [6, 6.07) is 14.5. The number of fused-ring (bicyclic) bond motifs is 3. The van der Waals surface area contributed by atoms with E-state index in [9.17, 15) is 9.59 Å². The molecule has 0 bridgehead atoms. The van der Waals surface area contributed by atoms with E-state index in [1.54, 1.807) is 7.05 Å². The van der Waals surface area contributed by atoms with Gasteiger partial charge in [0.2, 0.25) is 5.96 Å². The van der Waals surface area contributed by atoms with E-state index < -0.39 is 18.2 Å². The molecule has 2 atom stereocenters. The molecule has 8 heteroatoms. The van der Waals surface area contributed by atoms with Crippen LogP contribution in [-0.4, -0.2) is 47.0 Å². The number of aryl methyl sites for hydroxylation is 1. The summed E-state index contributed by atoms with van der Waals surface area (Å²) < 4.78 is 0. The highest BCUT2D eigenvalue weighted by Gasteiger charge is 2.52. The van der Waals surface area contributed by atoms with Crippen molar-refractivity contribution < 1.29 is 9.59 Å². The Bertz CT molecular complexity index is 1100. The number of urea groups is 1. The molecule has 2 unspecified atom stereocenters. The number of nitrogens with zero attached hydrogens (tertiary/aromatic N) is 4. The summed E-state index contributed by atoms with van der Waals surface area (Å²) in [4.78, 5) is 34.8. The molecule has 1 N–H and O–H groups in total. The average molecular weight is 408 g/mol. The number of imide groups is 1. The number of aliphatic imine (C=N–C) groups is 1. The van der Waals surface area contributed by atoms with E-state index in [2.05, 4.69) is 5.32 Å². The number of rotatable bonds is 2. The number of amides is 3. The highest BCUT2D eigenvalue weighted by molar-refractivity contribution is 6.31. The van der Waals surface area contributed by atoms with Gasteiger partial charge >= 0.3 is 6.03 Å².